The van der Waals surface area contributed by atoms with Crippen molar-refractivity contribution in [3.63, 3.8) is 0 Å². The number of amides is 3. The molecule has 3 amide bonds. The van der Waals surface area contributed by atoms with Crippen molar-refractivity contribution in [1.29, 1.82) is 0 Å². The molecule has 0 fully saturated rings. The fraction of sp³-hybridized carbons (Fsp3) is 0.318. The van der Waals surface area contributed by atoms with Crippen LogP contribution in [0.25, 0.3) is 0 Å². The number of rotatable bonds is 9. The maximum absolute atomic E-state index is 11.9. The van der Waals surface area contributed by atoms with E-state index in [1.54, 1.807) is 37.4 Å². The molecule has 30 heavy (non-hydrogen) atoms. The molecule has 8 heteroatoms. The van der Waals surface area contributed by atoms with Gasteiger partial charge in [-0.2, -0.15) is 0 Å². The van der Waals surface area contributed by atoms with E-state index < -0.39 is 24.5 Å². The van der Waals surface area contributed by atoms with Crippen molar-refractivity contribution >= 4 is 23.6 Å². The minimum Gasteiger partial charge on any atom is -0.497 e. The number of ether oxygens (including phenoxy) is 3. The van der Waals surface area contributed by atoms with Crippen LogP contribution in [0.4, 0.5) is 10.5 Å². The Morgan fingerprint density at radius 2 is 1.67 bits per heavy atom. The fourth-order valence-electron chi connectivity index (χ4n) is 2.57. The standard InChI is InChI=1S/C22H26N2O6/c1-15-6-11-19(16(2)13-15)23-22(27)24-20(25)14-30-21(26)5-4-12-29-18-9-7-17(28-3)8-10-18/h6-11,13H,4-5,12,14H2,1-3H3,(H2,23,24,25,27). The number of nitrogens with one attached hydrogen (secondary N) is 2. The number of carbonyl (C=O) groups is 3. The number of benzene rings is 2. The highest BCUT2D eigenvalue weighted by Gasteiger charge is 2.12. The second-order valence-electron chi connectivity index (χ2n) is 6.61. The maximum atomic E-state index is 11.9. The van der Waals surface area contributed by atoms with Crippen LogP contribution in [0.3, 0.4) is 0 Å². The van der Waals surface area contributed by atoms with Gasteiger partial charge < -0.3 is 19.5 Å². The van der Waals surface area contributed by atoms with Crippen LogP contribution >= 0.6 is 0 Å². The Labute approximate surface area is 175 Å². The van der Waals surface area contributed by atoms with E-state index in [1.807, 2.05) is 26.0 Å². The molecule has 0 unspecified atom stereocenters. The first-order chi connectivity index (χ1) is 14.4. The van der Waals surface area contributed by atoms with Gasteiger partial charge in [-0.3, -0.25) is 14.9 Å². The summed E-state index contributed by atoms with van der Waals surface area (Å²) in [5, 5.41) is 4.71. The highest BCUT2D eigenvalue weighted by molar-refractivity contribution is 6.02. The monoisotopic (exact) mass is 414 g/mol. The molecule has 0 aliphatic rings. The van der Waals surface area contributed by atoms with Crippen molar-refractivity contribution in [2.45, 2.75) is 26.7 Å². The Kier molecular flexibility index (Phi) is 8.68. The molecule has 0 heterocycles. The van der Waals surface area contributed by atoms with Crippen LogP contribution in [0, 0.1) is 13.8 Å². The highest BCUT2D eigenvalue weighted by atomic mass is 16.5. The van der Waals surface area contributed by atoms with Gasteiger partial charge in [0, 0.05) is 12.1 Å². The smallest absolute Gasteiger partial charge is 0.325 e. The molecule has 8 nitrogen and oxygen atoms in total. The van der Waals surface area contributed by atoms with Gasteiger partial charge in [-0.05, 0) is 56.2 Å². The van der Waals surface area contributed by atoms with Gasteiger partial charge in [0.1, 0.15) is 11.5 Å². The summed E-state index contributed by atoms with van der Waals surface area (Å²) in [6.45, 7) is 3.59. The van der Waals surface area contributed by atoms with E-state index >= 15 is 0 Å². The van der Waals surface area contributed by atoms with E-state index in [9.17, 15) is 14.4 Å². The van der Waals surface area contributed by atoms with Crippen molar-refractivity contribution in [2.24, 2.45) is 0 Å². The second-order valence-corrected chi connectivity index (χ2v) is 6.61. The molecule has 0 bridgehead atoms. The molecular weight excluding hydrogens is 388 g/mol. The summed E-state index contributed by atoms with van der Waals surface area (Å²) in [6, 6.07) is 11.9. The Bertz CT molecular complexity index is 880. The Balaban J connectivity index is 1.61. The molecule has 0 aliphatic heterocycles. The van der Waals surface area contributed by atoms with Gasteiger partial charge in [0.2, 0.25) is 0 Å². The number of hydrogen-bond acceptors (Lipinski definition) is 6. The largest absolute Gasteiger partial charge is 0.497 e. The minimum atomic E-state index is -0.708. The number of methoxy groups -OCH3 is 1. The predicted molar refractivity (Wildman–Crippen MR) is 112 cm³/mol. The SMILES string of the molecule is COc1ccc(OCCCC(=O)OCC(=O)NC(=O)Nc2ccc(C)cc2C)cc1. The second kappa shape index (κ2) is 11.5. The van der Waals surface area contributed by atoms with Gasteiger partial charge in [-0.25, -0.2) is 4.79 Å². The van der Waals surface area contributed by atoms with Crippen molar-refractivity contribution in [2.75, 3.05) is 25.6 Å². The molecule has 2 rings (SSSR count). The van der Waals surface area contributed by atoms with Crippen LogP contribution < -0.4 is 20.1 Å². The van der Waals surface area contributed by atoms with Crippen molar-refractivity contribution in [3.05, 3.63) is 53.6 Å². The summed E-state index contributed by atoms with van der Waals surface area (Å²) < 4.78 is 15.4. The molecule has 2 aromatic rings. The molecule has 0 aromatic heterocycles. The average molecular weight is 414 g/mol. The summed E-state index contributed by atoms with van der Waals surface area (Å²) in [5.74, 6) is 0.142. The molecule has 0 radical (unpaired) electrons. The highest BCUT2D eigenvalue weighted by Crippen LogP contribution is 2.17. The third-order valence-electron chi connectivity index (χ3n) is 4.10. The van der Waals surface area contributed by atoms with E-state index in [1.165, 1.54) is 0 Å². The van der Waals surface area contributed by atoms with Crippen molar-refractivity contribution < 1.29 is 28.6 Å². The van der Waals surface area contributed by atoms with Crippen LogP contribution in [-0.2, 0) is 14.3 Å². The van der Waals surface area contributed by atoms with Crippen molar-refractivity contribution in [3.8, 4) is 11.5 Å². The average Bonchev–Trinajstić information content (AvgIpc) is 2.72. The zero-order valence-electron chi connectivity index (χ0n) is 17.3. The molecule has 0 spiro atoms. The number of aryl methyl sites for hydroxylation is 2. The lowest BCUT2D eigenvalue weighted by Gasteiger charge is -2.10. The van der Waals surface area contributed by atoms with E-state index in [0.717, 1.165) is 16.9 Å². The maximum Gasteiger partial charge on any atom is 0.325 e. The minimum absolute atomic E-state index is 0.0954. The number of carbonyl (C=O) groups excluding carboxylic acids is 3. The van der Waals surface area contributed by atoms with Crippen LogP contribution in [0.15, 0.2) is 42.5 Å². The van der Waals surface area contributed by atoms with Crippen LogP contribution in [0.5, 0.6) is 11.5 Å². The molecule has 2 aromatic carbocycles. The van der Waals surface area contributed by atoms with Gasteiger partial charge in [0.05, 0.1) is 13.7 Å². The third-order valence-corrected chi connectivity index (χ3v) is 4.10. The zero-order chi connectivity index (χ0) is 21.9. The van der Waals surface area contributed by atoms with E-state index in [4.69, 9.17) is 14.2 Å². The first-order valence-corrected chi connectivity index (χ1v) is 9.48. The van der Waals surface area contributed by atoms with E-state index in [2.05, 4.69) is 10.6 Å². The summed E-state index contributed by atoms with van der Waals surface area (Å²) >= 11 is 0. The quantitative estimate of drug-likeness (QED) is 0.482. The number of urea groups is 1. The van der Waals surface area contributed by atoms with E-state index in [0.29, 0.717) is 24.5 Å². The Hall–Kier alpha value is -3.55. The first-order valence-electron chi connectivity index (χ1n) is 9.48. The number of esters is 1. The lowest BCUT2D eigenvalue weighted by atomic mass is 10.1. The number of imide groups is 1. The van der Waals surface area contributed by atoms with Gasteiger partial charge in [-0.15, -0.1) is 0 Å². The number of anilines is 1. The lowest BCUT2D eigenvalue weighted by molar-refractivity contribution is -0.148. The molecule has 0 saturated heterocycles. The normalized spacial score (nSPS) is 10.1. The van der Waals surface area contributed by atoms with Gasteiger partial charge >= 0.3 is 12.0 Å². The van der Waals surface area contributed by atoms with Crippen LogP contribution in [0.2, 0.25) is 0 Å². The molecule has 0 aliphatic carbocycles. The fourth-order valence-corrected chi connectivity index (χ4v) is 2.57. The summed E-state index contributed by atoms with van der Waals surface area (Å²) in [7, 11) is 1.58. The summed E-state index contributed by atoms with van der Waals surface area (Å²) in [6.07, 6.45) is 0.526. The molecule has 160 valence electrons. The Morgan fingerprint density at radius 3 is 2.33 bits per heavy atom. The lowest BCUT2D eigenvalue weighted by Crippen LogP contribution is -2.37. The Morgan fingerprint density at radius 1 is 0.967 bits per heavy atom. The van der Waals surface area contributed by atoms with Crippen molar-refractivity contribution in [1.82, 2.24) is 5.32 Å². The molecule has 0 saturated carbocycles. The van der Waals surface area contributed by atoms with Crippen LogP contribution in [0.1, 0.15) is 24.0 Å². The first kappa shape index (κ1) is 22.7. The van der Waals surface area contributed by atoms with Gasteiger partial charge in [0.25, 0.3) is 5.91 Å². The molecular formula is C22H26N2O6. The van der Waals surface area contributed by atoms with E-state index in [-0.39, 0.29) is 6.42 Å². The molecule has 0 atom stereocenters. The summed E-state index contributed by atoms with van der Waals surface area (Å²) in [5.41, 5.74) is 2.54. The summed E-state index contributed by atoms with van der Waals surface area (Å²) in [4.78, 5) is 35.4. The predicted octanol–water partition coefficient (Wildman–Crippen LogP) is 3.36. The van der Waals surface area contributed by atoms with Gasteiger partial charge in [0.15, 0.2) is 6.61 Å². The van der Waals surface area contributed by atoms with Crippen LogP contribution in [-0.4, -0.2) is 38.2 Å². The zero-order valence-corrected chi connectivity index (χ0v) is 17.3. The molecule has 2 N–H and O–H groups in total. The third kappa shape index (κ3) is 7.83. The topological polar surface area (TPSA) is 103 Å². The van der Waals surface area contributed by atoms with Gasteiger partial charge in [-0.1, -0.05) is 17.7 Å². The number of hydrogen-bond donors (Lipinski definition) is 2.